The van der Waals surface area contributed by atoms with Gasteiger partial charge in [0.15, 0.2) is 0 Å². The van der Waals surface area contributed by atoms with Gasteiger partial charge < -0.3 is 19.3 Å². The molecule has 1 aromatic carbocycles. The minimum absolute atomic E-state index is 0.0439. The molecule has 0 bridgehead atoms. The van der Waals surface area contributed by atoms with Gasteiger partial charge in [-0.15, -0.1) is 0 Å². The summed E-state index contributed by atoms with van der Waals surface area (Å²) in [5, 5.41) is 0. The van der Waals surface area contributed by atoms with E-state index in [0.717, 1.165) is 0 Å². The SMILES string of the molecule is COc1ccnc(N2CC3(CN(C(=O)c4ccccc4)CC(C)(C)O3)C2)n1. The Morgan fingerprint density at radius 1 is 1.11 bits per heavy atom. The average Bonchev–Trinajstić information content (AvgIpc) is 2.65. The van der Waals surface area contributed by atoms with Gasteiger partial charge in [-0.25, -0.2) is 4.98 Å². The Bertz CT molecular complexity index is 834. The van der Waals surface area contributed by atoms with E-state index in [-0.39, 0.29) is 5.91 Å². The number of nitrogens with zero attached hydrogens (tertiary/aromatic N) is 4. The summed E-state index contributed by atoms with van der Waals surface area (Å²) in [5.41, 5.74) is -0.111. The molecule has 4 rings (SSSR count). The maximum atomic E-state index is 13.0. The van der Waals surface area contributed by atoms with E-state index in [1.807, 2.05) is 49.1 Å². The van der Waals surface area contributed by atoms with Crippen LogP contribution in [0.25, 0.3) is 0 Å². The minimum atomic E-state index is -0.413. The first-order valence-electron chi connectivity index (χ1n) is 9.06. The number of hydrogen-bond acceptors (Lipinski definition) is 6. The Morgan fingerprint density at radius 3 is 2.56 bits per heavy atom. The Labute approximate surface area is 158 Å². The van der Waals surface area contributed by atoms with Gasteiger partial charge in [0.25, 0.3) is 5.91 Å². The van der Waals surface area contributed by atoms with E-state index in [1.165, 1.54) is 0 Å². The number of methoxy groups -OCH3 is 1. The second kappa shape index (κ2) is 6.49. The molecule has 7 nitrogen and oxygen atoms in total. The number of carbonyl (C=O) groups excluding carboxylic acids is 1. The molecule has 2 aliphatic heterocycles. The minimum Gasteiger partial charge on any atom is -0.481 e. The third-order valence-corrected chi connectivity index (χ3v) is 4.92. The van der Waals surface area contributed by atoms with Gasteiger partial charge >= 0.3 is 0 Å². The summed E-state index contributed by atoms with van der Waals surface area (Å²) in [7, 11) is 1.59. The number of morpholine rings is 1. The van der Waals surface area contributed by atoms with E-state index in [2.05, 4.69) is 14.9 Å². The van der Waals surface area contributed by atoms with Gasteiger partial charge in [-0.3, -0.25) is 4.79 Å². The molecule has 0 unspecified atom stereocenters. The lowest BCUT2D eigenvalue weighted by atomic mass is 9.88. The van der Waals surface area contributed by atoms with Crippen LogP contribution in [0.5, 0.6) is 5.88 Å². The zero-order chi connectivity index (χ0) is 19.1. The molecule has 0 aliphatic carbocycles. The van der Waals surface area contributed by atoms with Crippen LogP contribution in [0.2, 0.25) is 0 Å². The fraction of sp³-hybridized carbons (Fsp3) is 0.450. The molecule has 1 amide bonds. The van der Waals surface area contributed by atoms with Crippen molar-refractivity contribution in [2.45, 2.75) is 25.0 Å². The highest BCUT2D eigenvalue weighted by Gasteiger charge is 2.53. The zero-order valence-corrected chi connectivity index (χ0v) is 15.9. The second-order valence-corrected chi connectivity index (χ2v) is 7.83. The van der Waals surface area contributed by atoms with E-state index >= 15 is 0 Å². The first-order valence-corrected chi connectivity index (χ1v) is 9.06. The molecular weight excluding hydrogens is 344 g/mol. The van der Waals surface area contributed by atoms with Crippen LogP contribution in [-0.4, -0.2) is 65.3 Å². The molecule has 0 saturated carbocycles. The topological polar surface area (TPSA) is 67.8 Å². The van der Waals surface area contributed by atoms with E-state index in [9.17, 15) is 4.79 Å². The van der Waals surface area contributed by atoms with Crippen molar-refractivity contribution in [3.8, 4) is 5.88 Å². The summed E-state index contributed by atoms with van der Waals surface area (Å²) in [6, 6.07) is 11.1. The van der Waals surface area contributed by atoms with Gasteiger partial charge in [0.05, 0.1) is 32.3 Å². The number of rotatable bonds is 3. The highest BCUT2D eigenvalue weighted by Crippen LogP contribution is 2.37. The van der Waals surface area contributed by atoms with Crippen molar-refractivity contribution in [2.24, 2.45) is 0 Å². The van der Waals surface area contributed by atoms with Crippen LogP contribution in [0.3, 0.4) is 0 Å². The summed E-state index contributed by atoms with van der Waals surface area (Å²) in [6.07, 6.45) is 1.68. The predicted molar refractivity (Wildman–Crippen MR) is 101 cm³/mol. The van der Waals surface area contributed by atoms with E-state index in [1.54, 1.807) is 19.4 Å². The van der Waals surface area contributed by atoms with E-state index < -0.39 is 11.2 Å². The van der Waals surface area contributed by atoms with Crippen molar-refractivity contribution in [1.82, 2.24) is 14.9 Å². The average molecular weight is 368 g/mol. The third-order valence-electron chi connectivity index (χ3n) is 4.92. The van der Waals surface area contributed by atoms with Crippen LogP contribution in [-0.2, 0) is 4.74 Å². The van der Waals surface area contributed by atoms with Gasteiger partial charge in [0.1, 0.15) is 5.60 Å². The van der Waals surface area contributed by atoms with Gasteiger partial charge in [-0.1, -0.05) is 18.2 Å². The molecule has 142 valence electrons. The quantitative estimate of drug-likeness (QED) is 0.825. The van der Waals surface area contributed by atoms with Crippen LogP contribution < -0.4 is 9.64 Å². The monoisotopic (exact) mass is 368 g/mol. The molecule has 27 heavy (non-hydrogen) atoms. The Balaban J connectivity index is 1.51. The largest absolute Gasteiger partial charge is 0.481 e. The predicted octanol–water partition coefficient (Wildman–Crippen LogP) is 2.00. The highest BCUT2D eigenvalue weighted by atomic mass is 16.5. The lowest BCUT2D eigenvalue weighted by Crippen LogP contribution is -2.74. The number of amides is 1. The summed E-state index contributed by atoms with van der Waals surface area (Å²) >= 11 is 0. The molecule has 2 saturated heterocycles. The molecule has 0 atom stereocenters. The van der Waals surface area contributed by atoms with Crippen molar-refractivity contribution in [3.05, 3.63) is 48.2 Å². The Morgan fingerprint density at radius 2 is 1.85 bits per heavy atom. The second-order valence-electron chi connectivity index (χ2n) is 7.83. The fourth-order valence-corrected chi connectivity index (χ4v) is 3.97. The maximum absolute atomic E-state index is 13.0. The zero-order valence-electron chi connectivity index (χ0n) is 15.9. The van der Waals surface area contributed by atoms with Crippen LogP contribution in [0.15, 0.2) is 42.6 Å². The highest BCUT2D eigenvalue weighted by molar-refractivity contribution is 5.94. The van der Waals surface area contributed by atoms with Crippen LogP contribution in [0, 0.1) is 0 Å². The number of ether oxygens (including phenoxy) is 2. The molecule has 0 N–H and O–H groups in total. The molecule has 2 aromatic rings. The number of benzene rings is 1. The van der Waals surface area contributed by atoms with Gasteiger partial charge in [-0.2, -0.15) is 4.98 Å². The standard InChI is InChI=1S/C20H24N4O3/c1-19(2)11-23(17(25)15-7-5-4-6-8-15)12-20(27-19)13-24(14-20)18-21-10-9-16(22-18)26-3/h4-10H,11-14H2,1-3H3. The molecule has 2 fully saturated rings. The van der Waals surface area contributed by atoms with Crippen molar-refractivity contribution in [1.29, 1.82) is 0 Å². The summed E-state index contributed by atoms with van der Waals surface area (Å²) < 4.78 is 11.6. The van der Waals surface area contributed by atoms with Crippen LogP contribution in [0.4, 0.5) is 5.95 Å². The maximum Gasteiger partial charge on any atom is 0.254 e. The van der Waals surface area contributed by atoms with Gasteiger partial charge in [0.2, 0.25) is 11.8 Å². The number of hydrogen-bond donors (Lipinski definition) is 0. The Hall–Kier alpha value is -2.67. The lowest BCUT2D eigenvalue weighted by Gasteiger charge is -2.58. The molecular formula is C20H24N4O3. The molecule has 2 aliphatic rings. The first kappa shape index (κ1) is 17.7. The molecule has 0 radical (unpaired) electrons. The molecule has 1 aromatic heterocycles. The van der Waals surface area contributed by atoms with Crippen molar-refractivity contribution in [2.75, 3.05) is 38.2 Å². The van der Waals surface area contributed by atoms with Crippen molar-refractivity contribution < 1.29 is 14.3 Å². The van der Waals surface area contributed by atoms with Gasteiger partial charge in [-0.05, 0) is 26.0 Å². The van der Waals surface area contributed by atoms with Gasteiger partial charge in [0, 0.05) is 24.4 Å². The van der Waals surface area contributed by atoms with Crippen LogP contribution in [0.1, 0.15) is 24.2 Å². The smallest absolute Gasteiger partial charge is 0.254 e. The summed E-state index contributed by atoms with van der Waals surface area (Å²) in [6.45, 7) is 6.47. The van der Waals surface area contributed by atoms with E-state index in [4.69, 9.17) is 9.47 Å². The fourth-order valence-electron chi connectivity index (χ4n) is 3.97. The normalized spacial score (nSPS) is 20.3. The summed E-state index contributed by atoms with van der Waals surface area (Å²) in [5.74, 6) is 1.20. The number of aromatic nitrogens is 2. The van der Waals surface area contributed by atoms with Crippen LogP contribution >= 0.6 is 0 Å². The van der Waals surface area contributed by atoms with Crippen molar-refractivity contribution >= 4 is 11.9 Å². The number of anilines is 1. The first-order chi connectivity index (χ1) is 12.9. The number of carbonyl (C=O) groups is 1. The summed E-state index contributed by atoms with van der Waals surface area (Å²) in [4.78, 5) is 25.6. The Kier molecular flexibility index (Phi) is 4.26. The molecule has 7 heteroatoms. The van der Waals surface area contributed by atoms with Crippen molar-refractivity contribution in [3.63, 3.8) is 0 Å². The lowest BCUT2D eigenvalue weighted by molar-refractivity contribution is -0.198. The molecule has 1 spiro atoms. The molecule has 3 heterocycles. The third kappa shape index (κ3) is 3.47. The van der Waals surface area contributed by atoms with E-state index in [0.29, 0.717) is 43.6 Å².